The quantitative estimate of drug-likeness (QED) is 0.863. The second kappa shape index (κ2) is 7.38. The van der Waals surface area contributed by atoms with Crippen molar-refractivity contribution in [2.75, 3.05) is 0 Å². The predicted octanol–water partition coefficient (Wildman–Crippen LogP) is 3.98. The van der Waals surface area contributed by atoms with E-state index in [0.29, 0.717) is 12.0 Å². The van der Waals surface area contributed by atoms with Crippen molar-refractivity contribution >= 4 is 5.91 Å². The first-order chi connectivity index (χ1) is 9.70. The van der Waals surface area contributed by atoms with Gasteiger partial charge in [-0.15, -0.1) is 0 Å². The second-order valence-electron chi connectivity index (χ2n) is 6.23. The van der Waals surface area contributed by atoms with Crippen molar-refractivity contribution in [3.05, 3.63) is 29.8 Å². The Bertz CT molecular complexity index is 470. The van der Waals surface area contributed by atoms with Crippen molar-refractivity contribution in [1.29, 1.82) is 0 Å². The summed E-state index contributed by atoms with van der Waals surface area (Å²) in [6.45, 7) is 5.57. The molecule has 3 nitrogen and oxygen atoms in total. The third-order valence-corrected chi connectivity index (χ3v) is 3.63. The van der Waals surface area contributed by atoms with Gasteiger partial charge in [0.25, 0.3) is 0 Å². The van der Waals surface area contributed by atoms with E-state index in [2.05, 4.69) is 30.8 Å². The summed E-state index contributed by atoms with van der Waals surface area (Å²) in [5.41, 5.74) is 0.586. The molecule has 0 spiro atoms. The maximum atomic E-state index is 12.3. The molecule has 0 aliphatic heterocycles. The molecule has 5 heteroatoms. The van der Waals surface area contributed by atoms with Crippen LogP contribution in [0.4, 0.5) is 8.78 Å². The molecular weight excluding hydrogens is 276 g/mol. The van der Waals surface area contributed by atoms with E-state index >= 15 is 0 Å². The molecule has 0 aromatic heterocycles. The number of hydrogen-bond donors (Lipinski definition) is 1. The largest absolute Gasteiger partial charge is 0.434 e. The molecule has 0 aliphatic carbocycles. The van der Waals surface area contributed by atoms with Gasteiger partial charge in [0.05, 0.1) is 0 Å². The highest BCUT2D eigenvalue weighted by atomic mass is 19.3. The normalized spacial score (nSPS) is 13.1. The molecule has 1 atom stereocenters. The van der Waals surface area contributed by atoms with Gasteiger partial charge in [-0.2, -0.15) is 8.78 Å². The van der Waals surface area contributed by atoms with E-state index in [9.17, 15) is 13.6 Å². The van der Waals surface area contributed by atoms with Crippen molar-refractivity contribution in [3.8, 4) is 5.75 Å². The Balaban J connectivity index is 2.57. The molecule has 1 aromatic carbocycles. The lowest BCUT2D eigenvalue weighted by Crippen LogP contribution is -2.29. The van der Waals surface area contributed by atoms with Crippen molar-refractivity contribution in [3.63, 3.8) is 0 Å². The van der Waals surface area contributed by atoms with E-state index in [1.807, 2.05) is 6.92 Å². The maximum Gasteiger partial charge on any atom is 0.387 e. The lowest BCUT2D eigenvalue weighted by Gasteiger charge is -2.26. The summed E-state index contributed by atoms with van der Waals surface area (Å²) < 4.78 is 29.0. The molecule has 1 N–H and O–H groups in total. The highest BCUT2D eigenvalue weighted by molar-refractivity contribution is 5.76. The molecule has 1 amide bonds. The van der Waals surface area contributed by atoms with Crippen LogP contribution in [-0.4, -0.2) is 12.5 Å². The van der Waals surface area contributed by atoms with E-state index in [0.717, 1.165) is 0 Å². The SMILES string of the molecule is CC(CC(=O)NCc1ccccc1OC(F)F)C(C)(C)C. The molecule has 1 rings (SSSR count). The van der Waals surface area contributed by atoms with Crippen LogP contribution >= 0.6 is 0 Å². The Kier molecular flexibility index (Phi) is 6.12. The van der Waals surface area contributed by atoms with E-state index in [1.54, 1.807) is 18.2 Å². The van der Waals surface area contributed by atoms with Crippen molar-refractivity contribution in [2.45, 2.75) is 47.3 Å². The molecule has 118 valence electrons. The number of rotatable bonds is 6. The van der Waals surface area contributed by atoms with Crippen LogP contribution in [0.1, 0.15) is 39.7 Å². The smallest absolute Gasteiger partial charge is 0.387 e. The third-order valence-electron chi connectivity index (χ3n) is 3.63. The Morgan fingerprint density at radius 1 is 1.29 bits per heavy atom. The van der Waals surface area contributed by atoms with E-state index < -0.39 is 6.61 Å². The summed E-state index contributed by atoms with van der Waals surface area (Å²) in [5, 5.41) is 2.75. The zero-order chi connectivity index (χ0) is 16.0. The topological polar surface area (TPSA) is 38.3 Å². The van der Waals surface area contributed by atoms with Crippen LogP contribution in [0.2, 0.25) is 0 Å². The van der Waals surface area contributed by atoms with Crippen LogP contribution < -0.4 is 10.1 Å². The fraction of sp³-hybridized carbons (Fsp3) is 0.562. The fourth-order valence-corrected chi connectivity index (χ4v) is 1.71. The minimum absolute atomic E-state index is 0.0496. The first kappa shape index (κ1) is 17.4. The Morgan fingerprint density at radius 2 is 1.90 bits per heavy atom. The van der Waals surface area contributed by atoms with Gasteiger partial charge in [-0.25, -0.2) is 0 Å². The third kappa shape index (κ3) is 6.10. The molecule has 0 fully saturated rings. The monoisotopic (exact) mass is 299 g/mol. The summed E-state index contributed by atoms with van der Waals surface area (Å²) in [7, 11) is 0. The average molecular weight is 299 g/mol. The number of ether oxygens (including phenoxy) is 1. The van der Waals surface area contributed by atoms with Gasteiger partial charge in [0.15, 0.2) is 0 Å². The molecule has 21 heavy (non-hydrogen) atoms. The first-order valence-electron chi connectivity index (χ1n) is 6.99. The van der Waals surface area contributed by atoms with Crippen LogP contribution in [-0.2, 0) is 11.3 Å². The Hall–Kier alpha value is -1.65. The van der Waals surface area contributed by atoms with Gasteiger partial charge in [-0.1, -0.05) is 45.9 Å². The number of carbonyl (C=O) groups is 1. The van der Waals surface area contributed by atoms with E-state index in [1.165, 1.54) is 6.07 Å². The molecule has 0 radical (unpaired) electrons. The molecule has 1 aromatic rings. The highest BCUT2D eigenvalue weighted by Crippen LogP contribution is 2.28. The Labute approximate surface area is 124 Å². The summed E-state index contributed by atoms with van der Waals surface area (Å²) in [6.07, 6.45) is 0.404. The molecule has 0 bridgehead atoms. The van der Waals surface area contributed by atoms with Gasteiger partial charge in [-0.3, -0.25) is 4.79 Å². The van der Waals surface area contributed by atoms with Gasteiger partial charge in [0, 0.05) is 18.5 Å². The maximum absolute atomic E-state index is 12.3. The number of alkyl halides is 2. The van der Waals surface area contributed by atoms with Crippen LogP contribution in [0.25, 0.3) is 0 Å². The number of amides is 1. The first-order valence-corrected chi connectivity index (χ1v) is 6.99. The van der Waals surface area contributed by atoms with Crippen molar-refractivity contribution < 1.29 is 18.3 Å². The lowest BCUT2D eigenvalue weighted by atomic mass is 9.80. The predicted molar refractivity (Wildman–Crippen MR) is 78.2 cm³/mol. The van der Waals surface area contributed by atoms with E-state index in [4.69, 9.17) is 0 Å². The minimum Gasteiger partial charge on any atom is -0.434 e. The molecule has 1 unspecified atom stereocenters. The number of para-hydroxylation sites is 1. The number of hydrogen-bond acceptors (Lipinski definition) is 2. The van der Waals surface area contributed by atoms with Gasteiger partial charge < -0.3 is 10.1 Å². The van der Waals surface area contributed by atoms with Crippen molar-refractivity contribution in [1.82, 2.24) is 5.32 Å². The van der Waals surface area contributed by atoms with Crippen LogP contribution in [0.15, 0.2) is 24.3 Å². The second-order valence-corrected chi connectivity index (χ2v) is 6.23. The lowest BCUT2D eigenvalue weighted by molar-refractivity contribution is -0.122. The van der Waals surface area contributed by atoms with E-state index in [-0.39, 0.29) is 29.5 Å². The number of benzene rings is 1. The number of halogens is 2. The summed E-state index contributed by atoms with van der Waals surface area (Å²) in [5.74, 6) is 0.228. The van der Waals surface area contributed by atoms with Gasteiger partial charge in [-0.05, 0) is 17.4 Å². The fourth-order valence-electron chi connectivity index (χ4n) is 1.71. The molecule has 0 saturated heterocycles. The number of nitrogens with one attached hydrogen (secondary N) is 1. The Morgan fingerprint density at radius 3 is 2.48 bits per heavy atom. The molecular formula is C16H23F2NO2. The van der Waals surface area contributed by atoms with Gasteiger partial charge in [0.2, 0.25) is 5.91 Å². The zero-order valence-electron chi connectivity index (χ0n) is 13.0. The zero-order valence-corrected chi connectivity index (χ0v) is 13.0. The molecule has 0 heterocycles. The van der Waals surface area contributed by atoms with Crippen LogP contribution in [0, 0.1) is 11.3 Å². The average Bonchev–Trinajstić information content (AvgIpc) is 2.36. The number of carbonyl (C=O) groups excluding carboxylic acids is 1. The van der Waals surface area contributed by atoms with Crippen molar-refractivity contribution in [2.24, 2.45) is 11.3 Å². The minimum atomic E-state index is -2.87. The van der Waals surface area contributed by atoms with Gasteiger partial charge in [0.1, 0.15) is 5.75 Å². The summed E-state index contributed by atoms with van der Waals surface area (Å²) in [4.78, 5) is 11.9. The van der Waals surface area contributed by atoms with Gasteiger partial charge >= 0.3 is 6.61 Å². The standard InChI is InChI=1S/C16H23F2NO2/c1-11(16(2,3)4)9-14(20)19-10-12-7-5-6-8-13(12)21-15(17)18/h5-8,11,15H,9-10H2,1-4H3,(H,19,20). The highest BCUT2D eigenvalue weighted by Gasteiger charge is 2.22. The van der Waals surface area contributed by atoms with Crippen LogP contribution in [0.3, 0.4) is 0 Å². The molecule has 0 aliphatic rings. The van der Waals surface area contributed by atoms with Crippen LogP contribution in [0.5, 0.6) is 5.75 Å². The summed E-state index contributed by atoms with van der Waals surface area (Å²) in [6, 6.07) is 6.46. The molecule has 0 saturated carbocycles. The summed E-state index contributed by atoms with van der Waals surface area (Å²) >= 11 is 0.